The van der Waals surface area contributed by atoms with E-state index in [4.69, 9.17) is 5.73 Å². The lowest BCUT2D eigenvalue weighted by molar-refractivity contribution is 0.234. The number of benzene rings is 1. The minimum absolute atomic E-state index is 0.0407. The molecule has 0 aliphatic carbocycles. The van der Waals surface area contributed by atoms with Crippen LogP contribution in [-0.4, -0.2) is 21.6 Å². The Hall–Kier alpha value is -1.59. The Labute approximate surface area is 111 Å². The van der Waals surface area contributed by atoms with Crippen LogP contribution < -0.4 is 11.1 Å². The molecule has 0 radical (unpaired) electrons. The molecule has 96 valence electrons. The molecule has 5 heteroatoms. The zero-order valence-electron chi connectivity index (χ0n) is 10.5. The first kappa shape index (κ1) is 12.9. The van der Waals surface area contributed by atoms with Crippen molar-refractivity contribution in [1.82, 2.24) is 4.37 Å². The summed E-state index contributed by atoms with van der Waals surface area (Å²) in [5.74, 6) is 0.516. The van der Waals surface area contributed by atoms with Crippen LogP contribution in [0.4, 0.5) is 10.8 Å². The van der Waals surface area contributed by atoms with Gasteiger partial charge in [-0.05, 0) is 30.9 Å². The van der Waals surface area contributed by atoms with Gasteiger partial charge in [0.1, 0.15) is 10.8 Å². The number of aliphatic hydroxyl groups is 1. The van der Waals surface area contributed by atoms with Crippen LogP contribution in [0, 0.1) is 0 Å². The van der Waals surface area contributed by atoms with Crippen LogP contribution >= 0.6 is 11.5 Å². The Balaban J connectivity index is 2.40. The number of rotatable bonds is 4. The van der Waals surface area contributed by atoms with Crippen molar-refractivity contribution >= 4 is 22.4 Å². The van der Waals surface area contributed by atoms with Gasteiger partial charge in [0.15, 0.2) is 0 Å². The van der Waals surface area contributed by atoms with Crippen molar-refractivity contribution in [3.05, 3.63) is 30.3 Å². The van der Waals surface area contributed by atoms with Gasteiger partial charge in [-0.15, -0.1) is 0 Å². The number of aromatic nitrogens is 1. The Kier molecular flexibility index (Phi) is 3.54. The lowest BCUT2D eigenvalue weighted by Crippen LogP contribution is -2.34. The summed E-state index contributed by atoms with van der Waals surface area (Å²) in [7, 11) is 0. The summed E-state index contributed by atoms with van der Waals surface area (Å²) >= 11 is 1.32. The van der Waals surface area contributed by atoms with E-state index in [1.165, 1.54) is 11.5 Å². The molecule has 18 heavy (non-hydrogen) atoms. The smallest absolute Gasteiger partial charge is 0.147 e. The first-order valence-electron chi connectivity index (χ1n) is 5.73. The predicted octanol–water partition coefficient (Wildman–Crippen LogP) is 2.58. The minimum Gasteiger partial charge on any atom is -0.394 e. The maximum absolute atomic E-state index is 9.31. The predicted molar refractivity (Wildman–Crippen MR) is 76.7 cm³/mol. The number of hydrogen-bond acceptors (Lipinski definition) is 5. The summed E-state index contributed by atoms with van der Waals surface area (Å²) in [6, 6.07) is 9.89. The number of nitrogens with two attached hydrogens (primary N) is 1. The molecule has 1 aromatic carbocycles. The average molecular weight is 263 g/mol. The molecule has 1 aromatic heterocycles. The highest BCUT2D eigenvalue weighted by atomic mass is 32.1. The molecule has 4 N–H and O–H groups in total. The summed E-state index contributed by atoms with van der Waals surface area (Å²) in [4.78, 5) is 0. The van der Waals surface area contributed by atoms with Crippen LogP contribution in [0.5, 0.6) is 0 Å². The van der Waals surface area contributed by atoms with Gasteiger partial charge in [0.2, 0.25) is 0 Å². The SMILES string of the molecule is CC(C)(CO)Nc1snc(N)c1-c1ccccc1. The van der Waals surface area contributed by atoms with Crippen LogP contribution in [-0.2, 0) is 0 Å². The summed E-state index contributed by atoms with van der Waals surface area (Å²) in [5.41, 5.74) is 7.46. The van der Waals surface area contributed by atoms with E-state index >= 15 is 0 Å². The van der Waals surface area contributed by atoms with Gasteiger partial charge in [0, 0.05) is 0 Å². The van der Waals surface area contributed by atoms with Crippen LogP contribution in [0.1, 0.15) is 13.8 Å². The largest absolute Gasteiger partial charge is 0.394 e. The highest BCUT2D eigenvalue weighted by Crippen LogP contribution is 2.37. The highest BCUT2D eigenvalue weighted by Gasteiger charge is 2.21. The van der Waals surface area contributed by atoms with Gasteiger partial charge in [-0.25, -0.2) is 0 Å². The molecule has 0 aliphatic heterocycles. The second-order valence-corrected chi connectivity index (χ2v) is 5.58. The summed E-state index contributed by atoms with van der Waals surface area (Å²) < 4.78 is 4.19. The van der Waals surface area contributed by atoms with Gasteiger partial charge in [0.05, 0.1) is 17.7 Å². The van der Waals surface area contributed by atoms with E-state index in [0.29, 0.717) is 5.82 Å². The monoisotopic (exact) mass is 263 g/mol. The first-order valence-corrected chi connectivity index (χ1v) is 6.50. The first-order chi connectivity index (χ1) is 8.53. The van der Waals surface area contributed by atoms with Crippen molar-refractivity contribution in [2.24, 2.45) is 0 Å². The molecule has 0 fully saturated rings. The summed E-state index contributed by atoms with van der Waals surface area (Å²) in [6.45, 7) is 3.90. The molecule has 0 aliphatic rings. The lowest BCUT2D eigenvalue weighted by Gasteiger charge is -2.24. The molecule has 0 saturated carbocycles. The molecule has 2 aromatic rings. The third-order valence-corrected chi connectivity index (χ3v) is 3.40. The number of anilines is 2. The van der Waals surface area contributed by atoms with Gasteiger partial charge >= 0.3 is 0 Å². The van der Waals surface area contributed by atoms with E-state index in [1.54, 1.807) is 0 Å². The van der Waals surface area contributed by atoms with Crippen molar-refractivity contribution in [3.8, 4) is 11.1 Å². The molecule has 0 spiro atoms. The van der Waals surface area contributed by atoms with E-state index < -0.39 is 5.54 Å². The number of hydrogen-bond donors (Lipinski definition) is 3. The third kappa shape index (κ3) is 2.63. The maximum atomic E-state index is 9.31. The normalized spacial score (nSPS) is 11.5. The van der Waals surface area contributed by atoms with Crippen LogP contribution in [0.3, 0.4) is 0 Å². The van der Waals surface area contributed by atoms with Crippen molar-refractivity contribution in [1.29, 1.82) is 0 Å². The van der Waals surface area contributed by atoms with E-state index in [9.17, 15) is 5.11 Å². The molecular formula is C13H17N3OS. The number of aliphatic hydroxyl groups excluding tert-OH is 1. The zero-order valence-corrected chi connectivity index (χ0v) is 11.3. The second kappa shape index (κ2) is 4.96. The molecule has 0 amide bonds. The summed E-state index contributed by atoms with van der Waals surface area (Å²) in [5, 5.41) is 13.5. The van der Waals surface area contributed by atoms with Crippen molar-refractivity contribution in [2.75, 3.05) is 17.7 Å². The van der Waals surface area contributed by atoms with Gasteiger partial charge in [0.25, 0.3) is 0 Å². The van der Waals surface area contributed by atoms with Gasteiger partial charge in [-0.3, -0.25) is 0 Å². The molecule has 2 rings (SSSR count). The maximum Gasteiger partial charge on any atom is 0.147 e. The lowest BCUT2D eigenvalue weighted by atomic mass is 10.1. The number of nitrogen functional groups attached to an aromatic ring is 1. The van der Waals surface area contributed by atoms with E-state index in [-0.39, 0.29) is 6.61 Å². The minimum atomic E-state index is -0.400. The second-order valence-electron chi connectivity index (χ2n) is 4.80. The Bertz CT molecular complexity index is 522. The van der Waals surface area contributed by atoms with Crippen LogP contribution in [0.15, 0.2) is 30.3 Å². The quantitative estimate of drug-likeness (QED) is 0.793. The molecule has 0 unspecified atom stereocenters. The molecule has 0 saturated heterocycles. The molecule has 1 heterocycles. The van der Waals surface area contributed by atoms with Gasteiger partial charge < -0.3 is 16.2 Å². The third-order valence-electron chi connectivity index (χ3n) is 2.63. The van der Waals surface area contributed by atoms with Gasteiger partial charge in [-0.1, -0.05) is 30.3 Å². The van der Waals surface area contributed by atoms with Gasteiger partial charge in [-0.2, -0.15) is 4.37 Å². The fourth-order valence-corrected chi connectivity index (χ4v) is 2.53. The molecule has 4 nitrogen and oxygen atoms in total. The number of nitrogens with zero attached hydrogens (tertiary/aromatic N) is 1. The molecular weight excluding hydrogens is 246 g/mol. The number of nitrogens with one attached hydrogen (secondary N) is 1. The Morgan fingerprint density at radius 1 is 1.33 bits per heavy atom. The zero-order chi connectivity index (χ0) is 13.2. The molecule has 0 bridgehead atoms. The summed E-state index contributed by atoms with van der Waals surface area (Å²) in [6.07, 6.45) is 0. The fourth-order valence-electron chi connectivity index (χ4n) is 1.62. The Morgan fingerprint density at radius 3 is 2.61 bits per heavy atom. The van der Waals surface area contributed by atoms with E-state index in [0.717, 1.165) is 16.1 Å². The van der Waals surface area contributed by atoms with Crippen molar-refractivity contribution in [3.63, 3.8) is 0 Å². The van der Waals surface area contributed by atoms with Crippen molar-refractivity contribution < 1.29 is 5.11 Å². The van der Waals surface area contributed by atoms with E-state index in [2.05, 4.69) is 9.69 Å². The highest BCUT2D eigenvalue weighted by molar-refractivity contribution is 7.11. The topological polar surface area (TPSA) is 71.2 Å². The fraction of sp³-hybridized carbons (Fsp3) is 0.308. The average Bonchev–Trinajstić information content (AvgIpc) is 2.71. The molecule has 0 atom stereocenters. The van der Waals surface area contributed by atoms with Crippen molar-refractivity contribution in [2.45, 2.75) is 19.4 Å². The Morgan fingerprint density at radius 2 is 2.00 bits per heavy atom. The van der Waals surface area contributed by atoms with Crippen LogP contribution in [0.25, 0.3) is 11.1 Å². The standard InChI is InChI=1S/C13H17N3OS/c1-13(2,8-17)15-12-10(11(14)16-18-12)9-6-4-3-5-7-9/h3-7,15,17H,8H2,1-2H3,(H2,14,16). The van der Waals surface area contributed by atoms with E-state index in [1.807, 2.05) is 44.2 Å². The van der Waals surface area contributed by atoms with Crippen LogP contribution in [0.2, 0.25) is 0 Å².